The molecule has 4 unspecified atom stereocenters. The average molecular weight is 739 g/mol. The molecule has 4 atom stereocenters. The molecular formula is C48H50N8. The lowest BCUT2D eigenvalue weighted by Crippen LogP contribution is -2.25. The van der Waals surface area contributed by atoms with Crippen LogP contribution in [-0.4, -0.2) is 65.7 Å². The van der Waals surface area contributed by atoms with Crippen molar-refractivity contribution in [1.29, 1.82) is 0 Å². The number of hydrogen-bond donors (Lipinski definition) is 2. The van der Waals surface area contributed by atoms with Crippen LogP contribution in [0.2, 0.25) is 0 Å². The maximum atomic E-state index is 5.56. The van der Waals surface area contributed by atoms with Crippen molar-refractivity contribution in [2.75, 3.05) is 26.2 Å². The quantitative estimate of drug-likeness (QED) is 0.165. The number of aromatic nitrogens is 4. The summed E-state index contributed by atoms with van der Waals surface area (Å²) < 4.78 is 0. The average Bonchev–Trinajstić information content (AvgIpc) is 4.10. The first kappa shape index (κ1) is 35.4. The fourth-order valence-corrected chi connectivity index (χ4v) is 8.93. The molecule has 0 fully saturated rings. The summed E-state index contributed by atoms with van der Waals surface area (Å²) in [7, 11) is 0. The summed E-state index contributed by atoms with van der Waals surface area (Å²) in [4.78, 5) is 28.6. The first-order valence-electron chi connectivity index (χ1n) is 20.2. The van der Waals surface area contributed by atoms with E-state index in [2.05, 4.69) is 204 Å². The highest BCUT2D eigenvalue weighted by atomic mass is 15.2. The standard InChI is InChI=1S/C48H50N8/c1-5-53-29-13-9-17-41(53)45-33-21-23-35(49-33)46(42-18-10-14-30-54(42)6-2)37-25-27-39(51-37)48(44-20-12-16-32-56(44)8-4)40-28-26-38(52-40)47(36-24-22-34(45)50-36)43-19-11-15-31-55(43)7-3/h9-32,41-44,49-50H,5-8H2,1-4H3. The lowest BCUT2D eigenvalue weighted by atomic mass is 9.99. The highest BCUT2D eigenvalue weighted by Crippen LogP contribution is 2.40. The van der Waals surface area contributed by atoms with Gasteiger partial charge in [-0.1, -0.05) is 48.6 Å². The molecule has 0 radical (unpaired) electrons. The third kappa shape index (κ3) is 6.19. The van der Waals surface area contributed by atoms with Crippen molar-refractivity contribution >= 4 is 46.4 Å². The molecule has 0 amide bonds. The van der Waals surface area contributed by atoms with E-state index in [1.165, 1.54) is 5.56 Å². The number of likely N-dealkylation sites (N-methyl/N-ethyl adjacent to an activating group) is 4. The van der Waals surface area contributed by atoms with Crippen LogP contribution in [0.4, 0.5) is 0 Å². The van der Waals surface area contributed by atoms with Crippen molar-refractivity contribution in [2.24, 2.45) is 0 Å². The predicted octanol–water partition coefficient (Wildman–Crippen LogP) is 10.4. The van der Waals surface area contributed by atoms with E-state index in [1.807, 2.05) is 0 Å². The Balaban J connectivity index is 1.43. The number of H-pyrrole nitrogens is 2. The van der Waals surface area contributed by atoms with Crippen molar-refractivity contribution < 1.29 is 0 Å². The van der Waals surface area contributed by atoms with Gasteiger partial charge in [0.05, 0.1) is 46.9 Å². The SMILES string of the molecule is CCN1C=CC=CC1c1c2nc(c(C3C=CC=CN3CC)c3ccc([nH]3)c(C3C=CC=CN3CC)c3ccc([nH]3)c(C3C=CC=CN3CC)c3nc1C=C3)C=C2. The molecule has 282 valence electrons. The summed E-state index contributed by atoms with van der Waals surface area (Å²) in [6, 6.07) is 8.99. The molecule has 8 bridgehead atoms. The summed E-state index contributed by atoms with van der Waals surface area (Å²) in [5.41, 5.74) is 12.6. The van der Waals surface area contributed by atoms with E-state index in [1.54, 1.807) is 0 Å². The van der Waals surface area contributed by atoms with Crippen LogP contribution in [0.15, 0.2) is 122 Å². The Morgan fingerprint density at radius 2 is 0.679 bits per heavy atom. The molecule has 9 heterocycles. The Kier molecular flexibility index (Phi) is 9.55. The van der Waals surface area contributed by atoms with Crippen LogP contribution in [0.1, 0.15) is 96.9 Å². The van der Waals surface area contributed by atoms with E-state index in [9.17, 15) is 0 Å². The van der Waals surface area contributed by atoms with E-state index in [-0.39, 0.29) is 24.2 Å². The third-order valence-corrected chi connectivity index (χ3v) is 11.7. The Bertz CT molecular complexity index is 2360. The monoisotopic (exact) mass is 738 g/mol. The van der Waals surface area contributed by atoms with Crippen LogP contribution in [0.5, 0.6) is 0 Å². The van der Waals surface area contributed by atoms with Gasteiger partial charge in [0.2, 0.25) is 0 Å². The van der Waals surface area contributed by atoms with E-state index < -0.39 is 0 Å². The smallest absolute Gasteiger partial charge is 0.0766 e. The number of hydrogen-bond acceptors (Lipinski definition) is 6. The second-order valence-electron chi connectivity index (χ2n) is 14.7. The van der Waals surface area contributed by atoms with Gasteiger partial charge in [0.1, 0.15) is 0 Å². The van der Waals surface area contributed by atoms with Crippen molar-refractivity contribution in [3.05, 3.63) is 167 Å². The minimum absolute atomic E-state index is 0.00338. The van der Waals surface area contributed by atoms with Gasteiger partial charge in [-0.25, -0.2) is 9.97 Å². The highest BCUT2D eigenvalue weighted by molar-refractivity contribution is 5.85. The number of aromatic amines is 2. The van der Waals surface area contributed by atoms with Gasteiger partial charge in [-0.2, -0.15) is 0 Å². The van der Waals surface area contributed by atoms with Gasteiger partial charge in [-0.05, 0) is 125 Å². The van der Waals surface area contributed by atoms with Crippen molar-refractivity contribution in [3.8, 4) is 0 Å². The molecule has 0 spiro atoms. The molecule has 3 aromatic rings. The van der Waals surface area contributed by atoms with Crippen molar-refractivity contribution in [3.63, 3.8) is 0 Å². The van der Waals surface area contributed by atoms with Crippen LogP contribution in [0.25, 0.3) is 46.4 Å². The van der Waals surface area contributed by atoms with Gasteiger partial charge in [-0.3, -0.25) is 0 Å². The van der Waals surface area contributed by atoms with Gasteiger partial charge < -0.3 is 29.6 Å². The van der Waals surface area contributed by atoms with Gasteiger partial charge in [0, 0.05) is 70.5 Å². The second-order valence-corrected chi connectivity index (χ2v) is 14.7. The van der Waals surface area contributed by atoms with E-state index in [0.29, 0.717) is 0 Å². The zero-order valence-electron chi connectivity index (χ0n) is 32.7. The molecule has 56 heavy (non-hydrogen) atoms. The van der Waals surface area contributed by atoms with E-state index in [4.69, 9.17) is 9.97 Å². The molecule has 6 aliphatic rings. The Morgan fingerprint density at radius 3 is 1.02 bits per heavy atom. The minimum Gasteiger partial charge on any atom is -0.367 e. The molecule has 8 heteroatoms. The second kappa shape index (κ2) is 15.1. The number of nitrogens with zero attached hydrogens (tertiary/aromatic N) is 6. The molecule has 0 aliphatic carbocycles. The Labute approximate surface area is 330 Å². The fraction of sp³-hybridized carbons (Fsp3) is 0.250. The lowest BCUT2D eigenvalue weighted by Gasteiger charge is -2.31. The predicted molar refractivity (Wildman–Crippen MR) is 232 cm³/mol. The molecule has 6 aliphatic heterocycles. The van der Waals surface area contributed by atoms with Crippen molar-refractivity contribution in [2.45, 2.75) is 51.9 Å². The van der Waals surface area contributed by atoms with Gasteiger partial charge in [0.15, 0.2) is 0 Å². The molecule has 0 aromatic carbocycles. The number of nitrogens with one attached hydrogen (secondary N) is 2. The van der Waals surface area contributed by atoms with Gasteiger partial charge >= 0.3 is 0 Å². The summed E-state index contributed by atoms with van der Waals surface area (Å²) in [5.74, 6) is 0. The minimum atomic E-state index is -0.0268. The maximum Gasteiger partial charge on any atom is 0.0766 e. The molecule has 3 aromatic heterocycles. The van der Waals surface area contributed by atoms with E-state index >= 15 is 0 Å². The van der Waals surface area contributed by atoms with Crippen LogP contribution >= 0.6 is 0 Å². The Morgan fingerprint density at radius 1 is 0.393 bits per heavy atom. The third-order valence-electron chi connectivity index (χ3n) is 11.7. The number of fused-ring (bicyclic) bond motifs is 8. The first-order chi connectivity index (χ1) is 27.6. The van der Waals surface area contributed by atoms with E-state index in [0.717, 1.165) is 87.7 Å². The summed E-state index contributed by atoms with van der Waals surface area (Å²) in [5, 5.41) is 0. The first-order valence-corrected chi connectivity index (χ1v) is 20.2. The molecular weight excluding hydrogens is 689 g/mol. The van der Waals surface area contributed by atoms with Crippen molar-refractivity contribution in [1.82, 2.24) is 39.5 Å². The number of allylic oxidation sites excluding steroid dienone is 8. The molecule has 8 nitrogen and oxygen atoms in total. The molecule has 9 rings (SSSR count). The number of rotatable bonds is 8. The zero-order chi connectivity index (χ0) is 38.2. The fourth-order valence-electron chi connectivity index (χ4n) is 8.93. The van der Waals surface area contributed by atoms with Crippen LogP contribution in [0, 0.1) is 0 Å². The zero-order valence-corrected chi connectivity index (χ0v) is 32.7. The molecule has 0 saturated heterocycles. The summed E-state index contributed by atoms with van der Waals surface area (Å²) in [6.45, 7) is 12.3. The lowest BCUT2D eigenvalue weighted by molar-refractivity contribution is 0.336. The summed E-state index contributed by atoms with van der Waals surface area (Å²) in [6.07, 6.45) is 43.8. The van der Waals surface area contributed by atoms with Gasteiger partial charge in [0.25, 0.3) is 0 Å². The molecule has 0 saturated carbocycles. The normalized spacial score (nSPS) is 22.1. The van der Waals surface area contributed by atoms with Crippen LogP contribution in [-0.2, 0) is 0 Å². The van der Waals surface area contributed by atoms with Crippen LogP contribution in [0.3, 0.4) is 0 Å². The largest absolute Gasteiger partial charge is 0.367 e. The highest BCUT2D eigenvalue weighted by Gasteiger charge is 2.29. The summed E-state index contributed by atoms with van der Waals surface area (Å²) >= 11 is 0. The maximum absolute atomic E-state index is 5.56. The topological polar surface area (TPSA) is 70.3 Å². The molecule has 2 N–H and O–H groups in total. The van der Waals surface area contributed by atoms with Gasteiger partial charge in [-0.15, -0.1) is 0 Å². The Hall–Kier alpha value is -6.28. The van der Waals surface area contributed by atoms with Crippen LogP contribution < -0.4 is 0 Å².